The number of carbonyl (C=O) groups excluding carboxylic acids is 2. The molecule has 0 aliphatic heterocycles. The average molecular weight is 442 g/mol. The maximum atomic E-state index is 13.0. The van der Waals surface area contributed by atoms with Crippen LogP contribution in [0.2, 0.25) is 5.02 Å². The van der Waals surface area contributed by atoms with Crippen LogP contribution < -0.4 is 5.32 Å². The van der Waals surface area contributed by atoms with Crippen LogP contribution in [0.5, 0.6) is 0 Å². The number of aryl methyl sites for hydroxylation is 1. The molecule has 1 unspecified atom stereocenters. The number of nitrogens with zero attached hydrogens (tertiary/aromatic N) is 2. The normalized spacial score (nSPS) is 11.4. The van der Waals surface area contributed by atoms with Crippen molar-refractivity contribution in [3.8, 4) is 17.4 Å². The summed E-state index contributed by atoms with van der Waals surface area (Å²) in [6.07, 6.45) is 0.594. The summed E-state index contributed by atoms with van der Waals surface area (Å²) >= 11 is 5.93. The number of anilines is 1. The standard InChI is InChI=1S/C22H17ClFN3O4/c1-13(22(29)27-17-7-4-15(11-25)18(23)10-17)30-21(28)9-8-20-26-12-19(31-20)14-2-5-16(24)6-3-14/h2-7,10,12-13H,8-9H2,1H3,(H,27,29). The molecule has 3 rings (SSSR count). The summed E-state index contributed by atoms with van der Waals surface area (Å²) < 4.78 is 23.7. The van der Waals surface area contributed by atoms with Crippen LogP contribution in [-0.2, 0) is 20.7 Å². The van der Waals surface area contributed by atoms with E-state index in [1.54, 1.807) is 12.1 Å². The molecule has 0 fully saturated rings. The van der Waals surface area contributed by atoms with Crippen molar-refractivity contribution < 1.29 is 23.1 Å². The van der Waals surface area contributed by atoms with E-state index >= 15 is 0 Å². The van der Waals surface area contributed by atoms with Gasteiger partial charge in [-0.05, 0) is 49.4 Å². The van der Waals surface area contributed by atoms with Crippen LogP contribution >= 0.6 is 11.6 Å². The summed E-state index contributed by atoms with van der Waals surface area (Å²) in [5.41, 5.74) is 1.33. The van der Waals surface area contributed by atoms with Gasteiger partial charge in [0.15, 0.2) is 17.8 Å². The minimum absolute atomic E-state index is 0.0380. The highest BCUT2D eigenvalue weighted by Crippen LogP contribution is 2.22. The Kier molecular flexibility index (Phi) is 7.00. The molecule has 1 atom stereocenters. The third kappa shape index (κ3) is 5.90. The second kappa shape index (κ2) is 9.87. The van der Waals surface area contributed by atoms with Gasteiger partial charge in [0.05, 0.1) is 23.2 Å². The van der Waals surface area contributed by atoms with Crippen LogP contribution in [0.25, 0.3) is 11.3 Å². The van der Waals surface area contributed by atoms with Crippen molar-refractivity contribution in [2.24, 2.45) is 0 Å². The fourth-order valence-corrected chi connectivity index (χ4v) is 2.84. The molecule has 1 aromatic heterocycles. The number of carbonyl (C=O) groups is 2. The van der Waals surface area contributed by atoms with Gasteiger partial charge in [-0.3, -0.25) is 9.59 Å². The van der Waals surface area contributed by atoms with Gasteiger partial charge < -0.3 is 14.5 Å². The summed E-state index contributed by atoms with van der Waals surface area (Å²) in [5.74, 6) is -0.713. The first kappa shape index (κ1) is 22.0. The number of ether oxygens (including phenoxy) is 1. The second-order valence-electron chi connectivity index (χ2n) is 6.55. The zero-order chi connectivity index (χ0) is 22.4. The molecule has 0 aliphatic rings. The Morgan fingerprint density at radius 2 is 2.03 bits per heavy atom. The topological polar surface area (TPSA) is 105 Å². The van der Waals surface area contributed by atoms with Crippen molar-refractivity contribution in [2.75, 3.05) is 5.32 Å². The molecule has 0 bridgehead atoms. The molecule has 1 heterocycles. The summed E-state index contributed by atoms with van der Waals surface area (Å²) in [6.45, 7) is 1.44. The van der Waals surface area contributed by atoms with E-state index in [1.807, 2.05) is 6.07 Å². The molecular formula is C22H17ClFN3O4. The van der Waals surface area contributed by atoms with Crippen LogP contribution in [0, 0.1) is 17.1 Å². The van der Waals surface area contributed by atoms with Crippen molar-refractivity contribution in [1.82, 2.24) is 4.98 Å². The highest BCUT2D eigenvalue weighted by molar-refractivity contribution is 6.32. The quantitative estimate of drug-likeness (QED) is 0.541. The molecule has 0 radical (unpaired) electrons. The number of nitriles is 1. The fraction of sp³-hybridized carbons (Fsp3) is 0.182. The van der Waals surface area contributed by atoms with Crippen molar-refractivity contribution in [1.29, 1.82) is 5.26 Å². The number of nitrogens with one attached hydrogen (secondary N) is 1. The summed E-state index contributed by atoms with van der Waals surface area (Å²) in [5, 5.41) is 11.7. The molecule has 1 N–H and O–H groups in total. The largest absolute Gasteiger partial charge is 0.453 e. The van der Waals surface area contributed by atoms with Crippen LogP contribution in [-0.4, -0.2) is 23.0 Å². The van der Waals surface area contributed by atoms with E-state index in [2.05, 4.69) is 10.3 Å². The molecule has 9 heteroatoms. The minimum Gasteiger partial charge on any atom is -0.453 e. The number of benzene rings is 2. The summed E-state index contributed by atoms with van der Waals surface area (Å²) in [4.78, 5) is 28.4. The van der Waals surface area contributed by atoms with Crippen molar-refractivity contribution in [3.63, 3.8) is 0 Å². The van der Waals surface area contributed by atoms with Crippen molar-refractivity contribution >= 4 is 29.2 Å². The fourth-order valence-electron chi connectivity index (χ4n) is 2.62. The van der Waals surface area contributed by atoms with E-state index in [9.17, 15) is 14.0 Å². The van der Waals surface area contributed by atoms with E-state index in [-0.39, 0.29) is 29.2 Å². The maximum absolute atomic E-state index is 13.0. The monoisotopic (exact) mass is 441 g/mol. The van der Waals surface area contributed by atoms with E-state index in [4.69, 9.17) is 26.0 Å². The Hall–Kier alpha value is -3.70. The van der Waals surface area contributed by atoms with E-state index < -0.39 is 18.0 Å². The van der Waals surface area contributed by atoms with Gasteiger partial charge in [-0.15, -0.1) is 0 Å². The molecule has 31 heavy (non-hydrogen) atoms. The van der Waals surface area contributed by atoms with Gasteiger partial charge in [0, 0.05) is 17.7 Å². The molecule has 0 spiro atoms. The van der Waals surface area contributed by atoms with E-state index in [0.29, 0.717) is 22.9 Å². The van der Waals surface area contributed by atoms with Gasteiger partial charge in [-0.1, -0.05) is 11.6 Å². The van der Waals surface area contributed by atoms with Gasteiger partial charge in [-0.2, -0.15) is 5.26 Å². The molecule has 1 amide bonds. The predicted octanol–water partition coefficient (Wildman–Crippen LogP) is 4.51. The van der Waals surface area contributed by atoms with Crippen LogP contribution in [0.4, 0.5) is 10.1 Å². The zero-order valence-electron chi connectivity index (χ0n) is 16.4. The smallest absolute Gasteiger partial charge is 0.307 e. The molecule has 3 aromatic rings. The van der Waals surface area contributed by atoms with Crippen LogP contribution in [0.1, 0.15) is 24.8 Å². The minimum atomic E-state index is -1.04. The number of rotatable bonds is 7. The van der Waals surface area contributed by atoms with Crippen LogP contribution in [0.3, 0.4) is 0 Å². The number of aromatic nitrogens is 1. The third-order valence-corrected chi connectivity index (χ3v) is 4.57. The first-order valence-corrected chi connectivity index (χ1v) is 9.64. The van der Waals surface area contributed by atoms with Gasteiger partial charge in [0.2, 0.25) is 0 Å². The highest BCUT2D eigenvalue weighted by atomic mass is 35.5. The lowest BCUT2D eigenvalue weighted by atomic mass is 10.2. The summed E-state index contributed by atoms with van der Waals surface area (Å²) in [6, 6.07) is 12.1. The number of oxazole rings is 1. The van der Waals surface area contributed by atoms with Crippen molar-refractivity contribution in [2.45, 2.75) is 25.9 Å². The molecule has 0 aliphatic carbocycles. The predicted molar refractivity (Wildman–Crippen MR) is 111 cm³/mol. The third-order valence-electron chi connectivity index (χ3n) is 4.26. The second-order valence-corrected chi connectivity index (χ2v) is 6.96. The zero-order valence-corrected chi connectivity index (χ0v) is 17.1. The summed E-state index contributed by atoms with van der Waals surface area (Å²) in [7, 11) is 0. The van der Waals surface area contributed by atoms with Gasteiger partial charge >= 0.3 is 5.97 Å². The Bertz CT molecular complexity index is 1140. The Balaban J connectivity index is 1.49. The Morgan fingerprint density at radius 3 is 2.71 bits per heavy atom. The number of hydrogen-bond acceptors (Lipinski definition) is 6. The van der Waals surface area contributed by atoms with Gasteiger partial charge in [0.1, 0.15) is 11.9 Å². The Labute approximate surface area is 182 Å². The molecule has 158 valence electrons. The van der Waals surface area contributed by atoms with Gasteiger partial charge in [0.25, 0.3) is 5.91 Å². The molecule has 7 nitrogen and oxygen atoms in total. The first-order valence-electron chi connectivity index (χ1n) is 9.26. The van der Waals surface area contributed by atoms with E-state index in [1.165, 1.54) is 43.5 Å². The van der Waals surface area contributed by atoms with E-state index in [0.717, 1.165) is 0 Å². The lowest BCUT2D eigenvalue weighted by Gasteiger charge is -2.13. The molecule has 0 saturated heterocycles. The number of amides is 1. The average Bonchev–Trinajstić information content (AvgIpc) is 3.22. The number of halogens is 2. The lowest BCUT2D eigenvalue weighted by molar-refractivity contribution is -0.153. The number of esters is 1. The van der Waals surface area contributed by atoms with Crippen LogP contribution in [0.15, 0.2) is 53.1 Å². The molecule has 0 saturated carbocycles. The molecular weight excluding hydrogens is 425 g/mol. The van der Waals surface area contributed by atoms with Crippen molar-refractivity contribution in [3.05, 3.63) is 71.0 Å². The number of hydrogen-bond donors (Lipinski definition) is 1. The van der Waals surface area contributed by atoms with Gasteiger partial charge in [-0.25, -0.2) is 9.37 Å². The highest BCUT2D eigenvalue weighted by Gasteiger charge is 2.19. The lowest BCUT2D eigenvalue weighted by Crippen LogP contribution is -2.30. The molecule has 2 aromatic carbocycles. The SMILES string of the molecule is CC(OC(=O)CCc1ncc(-c2ccc(F)cc2)o1)C(=O)Nc1ccc(C#N)c(Cl)c1. The Morgan fingerprint density at radius 1 is 1.29 bits per heavy atom. The maximum Gasteiger partial charge on any atom is 0.307 e. The first-order chi connectivity index (χ1) is 14.9.